The predicted octanol–water partition coefficient (Wildman–Crippen LogP) is 2.53. The summed E-state index contributed by atoms with van der Waals surface area (Å²) in [5.41, 5.74) is 1.78. The third-order valence-electron chi connectivity index (χ3n) is 5.01. The van der Waals surface area contributed by atoms with Gasteiger partial charge in [0.05, 0.1) is 43.5 Å². The summed E-state index contributed by atoms with van der Waals surface area (Å²) in [6.07, 6.45) is 7.14. The van der Waals surface area contributed by atoms with Crippen LogP contribution in [0.5, 0.6) is 5.88 Å². The van der Waals surface area contributed by atoms with Gasteiger partial charge in [-0.3, -0.25) is 4.68 Å². The number of hydrogen-bond acceptors (Lipinski definition) is 7. The summed E-state index contributed by atoms with van der Waals surface area (Å²) in [4.78, 5) is 18.7. The fourth-order valence-electron chi connectivity index (χ4n) is 3.45. The fourth-order valence-corrected chi connectivity index (χ4v) is 3.45. The number of aromatic nitrogens is 5. The van der Waals surface area contributed by atoms with Gasteiger partial charge in [-0.2, -0.15) is 10.2 Å². The summed E-state index contributed by atoms with van der Waals surface area (Å²) in [7, 11) is 3.58. The maximum absolute atomic E-state index is 12.4. The quantitative estimate of drug-likeness (QED) is 0.630. The summed E-state index contributed by atoms with van der Waals surface area (Å²) in [5.74, 6) is 0.466. The second-order valence-electron chi connectivity index (χ2n) is 8.75. The zero-order valence-electron chi connectivity index (χ0n) is 18.5. The molecule has 0 spiro atoms. The van der Waals surface area contributed by atoms with E-state index < -0.39 is 5.60 Å². The molecule has 0 unspecified atom stereocenters. The van der Waals surface area contributed by atoms with Gasteiger partial charge in [-0.15, -0.1) is 0 Å². The maximum Gasteiger partial charge on any atom is 0.410 e. The van der Waals surface area contributed by atoms with E-state index in [0.717, 1.165) is 11.1 Å². The summed E-state index contributed by atoms with van der Waals surface area (Å²) in [6.45, 7) is 6.39. The first-order chi connectivity index (χ1) is 14.7. The van der Waals surface area contributed by atoms with Crippen LogP contribution in [0.3, 0.4) is 0 Å². The molecule has 3 aromatic rings. The van der Waals surface area contributed by atoms with Crippen molar-refractivity contribution in [3.63, 3.8) is 0 Å². The Morgan fingerprint density at radius 3 is 2.77 bits per heavy atom. The third kappa shape index (κ3) is 4.79. The molecule has 1 aliphatic heterocycles. The normalized spacial score (nSPS) is 19.4. The van der Waals surface area contributed by atoms with Gasteiger partial charge in [-0.25, -0.2) is 14.3 Å². The summed E-state index contributed by atoms with van der Waals surface area (Å²) in [5, 5.41) is 8.55. The maximum atomic E-state index is 12.4. The van der Waals surface area contributed by atoms with Gasteiger partial charge < -0.3 is 19.1 Å². The highest BCUT2D eigenvalue weighted by Crippen LogP contribution is 2.26. The van der Waals surface area contributed by atoms with Gasteiger partial charge in [0, 0.05) is 32.3 Å². The molecule has 0 saturated carbocycles. The zero-order valence-corrected chi connectivity index (χ0v) is 18.5. The van der Waals surface area contributed by atoms with Crippen molar-refractivity contribution in [3.05, 3.63) is 30.9 Å². The lowest BCUT2D eigenvalue weighted by Gasteiger charge is -2.35. The van der Waals surface area contributed by atoms with Gasteiger partial charge in [0.15, 0.2) is 0 Å². The van der Waals surface area contributed by atoms with Gasteiger partial charge in [0.2, 0.25) is 5.88 Å². The van der Waals surface area contributed by atoms with Crippen LogP contribution in [0.1, 0.15) is 27.2 Å². The lowest BCUT2D eigenvalue weighted by atomic mass is 10.1. The van der Waals surface area contributed by atoms with E-state index >= 15 is 0 Å². The molecule has 10 heteroatoms. The third-order valence-corrected chi connectivity index (χ3v) is 5.01. The molecule has 0 bridgehead atoms. The Balaban J connectivity index is 1.52. The molecule has 166 valence electrons. The van der Waals surface area contributed by atoms with Crippen LogP contribution in [0.25, 0.3) is 16.8 Å². The van der Waals surface area contributed by atoms with Crippen molar-refractivity contribution in [3.8, 4) is 17.1 Å². The molecule has 0 radical (unpaired) electrons. The van der Waals surface area contributed by atoms with Crippen molar-refractivity contribution in [1.29, 1.82) is 0 Å². The van der Waals surface area contributed by atoms with Gasteiger partial charge in [-0.05, 0) is 26.8 Å². The Morgan fingerprint density at radius 2 is 2.06 bits per heavy atom. The van der Waals surface area contributed by atoms with E-state index in [9.17, 15) is 4.79 Å². The van der Waals surface area contributed by atoms with Gasteiger partial charge in [-0.1, -0.05) is 0 Å². The Hall–Kier alpha value is -3.14. The second kappa shape index (κ2) is 8.18. The fraction of sp³-hybridized carbons (Fsp3) is 0.524. The highest BCUT2D eigenvalue weighted by atomic mass is 16.6. The van der Waals surface area contributed by atoms with Crippen LogP contribution in [0.15, 0.2) is 30.9 Å². The zero-order chi connectivity index (χ0) is 22.2. The Morgan fingerprint density at radius 1 is 1.26 bits per heavy atom. The van der Waals surface area contributed by atoms with Crippen molar-refractivity contribution < 1.29 is 19.0 Å². The largest absolute Gasteiger partial charge is 0.470 e. The van der Waals surface area contributed by atoms with Gasteiger partial charge >= 0.3 is 6.09 Å². The van der Waals surface area contributed by atoms with Crippen LogP contribution in [0.2, 0.25) is 0 Å². The first-order valence-corrected chi connectivity index (χ1v) is 10.2. The van der Waals surface area contributed by atoms with Crippen molar-refractivity contribution in [2.24, 2.45) is 7.05 Å². The van der Waals surface area contributed by atoms with Crippen LogP contribution < -0.4 is 4.74 Å². The van der Waals surface area contributed by atoms with E-state index in [-0.39, 0.29) is 18.2 Å². The first kappa shape index (κ1) is 21.1. The lowest BCUT2D eigenvalue weighted by molar-refractivity contribution is -0.0464. The standard InChI is InChI=1S/C21H28N6O4/c1-21(2,3)31-20(28)26(5)15-8-16(13-29-12-15)30-19-18-6-7-22-27(18)11-17(24-19)14-9-23-25(4)10-14/h6-7,9-11,15-16H,8,12-13H2,1-5H3/t15-,16+/m0/s1. The number of nitrogens with zero attached hydrogens (tertiary/aromatic N) is 6. The molecule has 1 saturated heterocycles. The number of hydrogen-bond donors (Lipinski definition) is 0. The summed E-state index contributed by atoms with van der Waals surface area (Å²) >= 11 is 0. The molecular formula is C21H28N6O4. The molecule has 2 atom stereocenters. The van der Waals surface area contributed by atoms with E-state index in [1.165, 1.54) is 0 Å². The molecule has 0 aromatic carbocycles. The Kier molecular flexibility index (Phi) is 5.57. The number of carbonyl (C=O) groups is 1. The minimum Gasteiger partial charge on any atom is -0.470 e. The smallest absolute Gasteiger partial charge is 0.410 e. The predicted molar refractivity (Wildman–Crippen MR) is 113 cm³/mol. The number of rotatable bonds is 4. The van der Waals surface area contributed by atoms with Crippen molar-refractivity contribution in [2.45, 2.75) is 44.9 Å². The minimum atomic E-state index is -0.555. The SMILES string of the molecule is CN(C(=O)OC(C)(C)C)[C@@H]1COC[C@H](Oc2nc(-c3cnn(C)c3)cn3nccc23)C1. The number of likely N-dealkylation sites (N-methyl/N-ethyl adjacent to an activating group) is 1. The molecule has 4 heterocycles. The highest BCUT2D eigenvalue weighted by Gasteiger charge is 2.32. The molecule has 0 aliphatic carbocycles. The van der Waals surface area contributed by atoms with E-state index in [0.29, 0.717) is 31.2 Å². The van der Waals surface area contributed by atoms with Crippen LogP contribution in [0.4, 0.5) is 4.79 Å². The Labute approximate surface area is 180 Å². The second-order valence-corrected chi connectivity index (χ2v) is 8.75. The highest BCUT2D eigenvalue weighted by molar-refractivity contribution is 5.68. The minimum absolute atomic E-state index is 0.156. The van der Waals surface area contributed by atoms with Crippen LogP contribution >= 0.6 is 0 Å². The average molecular weight is 428 g/mol. The van der Waals surface area contributed by atoms with E-state index in [1.807, 2.05) is 46.3 Å². The van der Waals surface area contributed by atoms with Gasteiger partial charge in [0.1, 0.15) is 17.2 Å². The average Bonchev–Trinajstić information content (AvgIpc) is 3.35. The Bertz CT molecular complexity index is 1070. The van der Waals surface area contributed by atoms with E-state index in [1.54, 1.807) is 33.5 Å². The van der Waals surface area contributed by atoms with Crippen LogP contribution in [-0.2, 0) is 16.5 Å². The monoisotopic (exact) mass is 428 g/mol. The molecule has 4 rings (SSSR count). The number of fused-ring (bicyclic) bond motifs is 1. The summed E-state index contributed by atoms with van der Waals surface area (Å²) in [6, 6.07) is 1.69. The lowest BCUT2D eigenvalue weighted by Crippen LogP contribution is -2.49. The summed E-state index contributed by atoms with van der Waals surface area (Å²) < 4.78 is 20.9. The van der Waals surface area contributed by atoms with Crippen molar-refractivity contribution in [1.82, 2.24) is 29.3 Å². The van der Waals surface area contributed by atoms with E-state index in [4.69, 9.17) is 19.2 Å². The first-order valence-electron chi connectivity index (χ1n) is 10.2. The van der Waals surface area contributed by atoms with Gasteiger partial charge in [0.25, 0.3) is 0 Å². The van der Waals surface area contributed by atoms with Crippen LogP contribution in [-0.4, -0.2) is 73.4 Å². The number of amides is 1. The molecular weight excluding hydrogens is 400 g/mol. The molecule has 1 amide bonds. The molecule has 1 aliphatic rings. The topological polar surface area (TPSA) is 96.0 Å². The molecule has 3 aromatic heterocycles. The van der Waals surface area contributed by atoms with Crippen LogP contribution in [0, 0.1) is 0 Å². The number of aryl methyl sites for hydroxylation is 1. The van der Waals surface area contributed by atoms with Crippen molar-refractivity contribution >= 4 is 11.6 Å². The van der Waals surface area contributed by atoms with E-state index in [2.05, 4.69) is 10.2 Å². The molecule has 0 N–H and O–H groups in total. The van der Waals surface area contributed by atoms with Crippen molar-refractivity contribution in [2.75, 3.05) is 20.3 Å². The molecule has 1 fully saturated rings. The number of carbonyl (C=O) groups excluding carboxylic acids is 1. The number of ether oxygens (including phenoxy) is 3. The molecule has 31 heavy (non-hydrogen) atoms. The molecule has 10 nitrogen and oxygen atoms in total.